The number of para-hydroxylation sites is 2. The number of alkyl carbamates (subject to hydrolysis) is 1. The summed E-state index contributed by atoms with van der Waals surface area (Å²) in [4.78, 5) is 184. The number of nitrogens with one attached hydrogen (secondary N) is 9. The second-order valence-corrected chi connectivity index (χ2v) is 36.2. The third-order valence-corrected chi connectivity index (χ3v) is 27.5. The lowest BCUT2D eigenvalue weighted by Crippen LogP contribution is -2.42. The number of carbonyl (C=O) groups excluding carboxylic acids is 11. The number of H-pyrrole nitrogens is 6. The van der Waals surface area contributed by atoms with Gasteiger partial charge in [-0.25, -0.2) is 4.79 Å². The van der Waals surface area contributed by atoms with Gasteiger partial charge in [0.05, 0.1) is 22.6 Å². The maximum atomic E-state index is 14.3. The van der Waals surface area contributed by atoms with E-state index in [1.165, 1.54) is 4.90 Å². The Hall–Kier alpha value is -16.0. The van der Waals surface area contributed by atoms with Gasteiger partial charge in [0.1, 0.15) is 61.8 Å². The second-order valence-electron chi connectivity index (χ2n) is 33.2. The Labute approximate surface area is 769 Å². The fourth-order valence-electron chi connectivity index (χ4n) is 19.3. The van der Waals surface area contributed by atoms with Gasteiger partial charge in [0.2, 0.25) is 17.3 Å². The number of carboxylic acid groups (broad SMARTS) is 2. The summed E-state index contributed by atoms with van der Waals surface area (Å²) in [5, 5.41) is 35.6. The predicted molar refractivity (Wildman–Crippen MR) is 498 cm³/mol. The Kier molecular flexibility index (Phi) is 22.5. The zero-order chi connectivity index (χ0) is 93.7. The first-order valence-corrected chi connectivity index (χ1v) is 46.1. The van der Waals surface area contributed by atoms with Crippen LogP contribution in [-0.2, 0) is 78.1 Å². The predicted octanol–water partition coefficient (Wildman–Crippen LogP) is 9.09. The number of ether oxygens (including phenoxy) is 3. The zero-order valence-corrected chi connectivity index (χ0v) is 74.2. The molecule has 9 amide bonds. The highest BCUT2D eigenvalue weighted by atomic mass is 32.2. The molecule has 14 heterocycles. The van der Waals surface area contributed by atoms with Crippen LogP contribution < -0.4 is 75.7 Å². The number of hydrogen-bond acceptors (Lipinski definition) is 22. The number of aromatic nitrogens is 7. The minimum Gasteiger partial charge on any atom is -0.779 e. The van der Waals surface area contributed by atoms with E-state index in [0.717, 1.165) is 163 Å². The first-order valence-electron chi connectivity index (χ1n) is 43.3. The van der Waals surface area contributed by atoms with Crippen LogP contribution in [0.4, 0.5) is 54.2 Å². The van der Waals surface area contributed by atoms with Gasteiger partial charge < -0.3 is 134 Å². The molecule has 15 aromatic rings. The molecule has 1 atom stereocenters. The maximum Gasteiger partial charge on any atom is 0.412 e. The SMILES string of the molecule is CN1/C(=C/c2cc[n+](COC(=O)NCC(=O)N3CCc4c3ccc3[nH]c(C(=O)N5CCc6c5ccc5[nH]c(C(=O)N7CCc8c7ccc7[nH]c(C(=O)NCOC(=O)[O-])cc87)cc65)cc43)c3ccccc23)Sc2ccccc21.COP(C)(=O)[O-].NCC(=O)N1CCc2c1ccc1[nH]c(C(=O)N3CCc4c3ccc3[nH]c(C(=O)N5CCc6c5ccc5[nH]c(C(=O)NCOC(=O)[O-])cc65)cc43)cc21. The Morgan fingerprint density at radius 1 is 0.437 bits per heavy atom. The van der Waals surface area contributed by atoms with Gasteiger partial charge in [-0.1, -0.05) is 36.0 Å². The number of hydrogen-bond donors (Lipinski definition) is 10. The van der Waals surface area contributed by atoms with Gasteiger partial charge >= 0.3 is 6.09 Å². The summed E-state index contributed by atoms with van der Waals surface area (Å²) in [5.41, 5.74) is 25.7. The fourth-order valence-corrected chi connectivity index (χ4v) is 20.4. The van der Waals surface area contributed by atoms with Crippen molar-refractivity contribution in [2.24, 2.45) is 5.73 Å². The number of nitrogens with two attached hydrogens (primary N) is 1. The number of aromatic amines is 6. The number of anilines is 7. The number of amides is 9. The van der Waals surface area contributed by atoms with Crippen molar-refractivity contribution in [1.82, 2.24) is 45.9 Å². The first kappa shape index (κ1) is 87.0. The third kappa shape index (κ3) is 16.1. The van der Waals surface area contributed by atoms with Crippen molar-refractivity contribution in [2.75, 3.05) is 121 Å². The molecule has 684 valence electrons. The lowest BCUT2D eigenvalue weighted by molar-refractivity contribution is -0.703. The van der Waals surface area contributed by atoms with Crippen molar-refractivity contribution < 1.29 is 95.7 Å². The molecule has 1 unspecified atom stereocenters. The van der Waals surface area contributed by atoms with Crippen LogP contribution in [0.5, 0.6) is 0 Å². The molecule has 0 saturated heterocycles. The van der Waals surface area contributed by atoms with Gasteiger partial charge in [-0.05, 0) is 211 Å². The molecule has 0 spiro atoms. The van der Waals surface area contributed by atoms with Crippen LogP contribution in [0.15, 0.2) is 180 Å². The van der Waals surface area contributed by atoms with Gasteiger partial charge in [0.15, 0.2) is 6.20 Å². The monoisotopic (exact) mass is 1850 g/mol. The van der Waals surface area contributed by atoms with Crippen LogP contribution in [-0.4, -0.2) is 182 Å². The highest BCUT2D eigenvalue weighted by Crippen LogP contribution is 2.48. The molecule has 8 aromatic carbocycles. The molecule has 7 aliphatic heterocycles. The van der Waals surface area contributed by atoms with E-state index in [0.29, 0.717) is 112 Å². The molecule has 0 saturated carbocycles. The maximum absolute atomic E-state index is 14.3. The molecule has 11 N–H and O–H groups in total. The van der Waals surface area contributed by atoms with E-state index in [-0.39, 0.29) is 66.7 Å². The van der Waals surface area contributed by atoms with Gasteiger partial charge in [0, 0.05) is 177 Å². The molecule has 7 aromatic heterocycles. The van der Waals surface area contributed by atoms with E-state index >= 15 is 0 Å². The fraction of sp³-hybridized carbons (Fsp3) is 0.208. The molecule has 37 nitrogen and oxygen atoms in total. The third-order valence-electron chi connectivity index (χ3n) is 25.7. The molecule has 0 fully saturated rings. The van der Waals surface area contributed by atoms with Gasteiger partial charge in [-0.3, -0.25) is 38.4 Å². The lowest BCUT2D eigenvalue weighted by atomic mass is 10.1. The van der Waals surface area contributed by atoms with Crippen molar-refractivity contribution in [3.05, 3.63) is 248 Å². The zero-order valence-electron chi connectivity index (χ0n) is 72.5. The number of nitrogens with zero attached hydrogens (tertiary/aromatic N) is 8. The summed E-state index contributed by atoms with van der Waals surface area (Å²) in [5.74, 6) is -2.28. The molecule has 0 aliphatic carbocycles. The summed E-state index contributed by atoms with van der Waals surface area (Å²) >= 11 is 1.72. The van der Waals surface area contributed by atoms with E-state index < -0.39 is 51.3 Å². The van der Waals surface area contributed by atoms with Crippen LogP contribution >= 0.6 is 19.4 Å². The summed E-state index contributed by atoms with van der Waals surface area (Å²) in [7, 11) is -0.203. The van der Waals surface area contributed by atoms with Crippen molar-refractivity contribution in [3.8, 4) is 0 Å². The molecular formula is C96H83N18O19PS-2. The molecule has 39 heteroatoms. The number of pyridine rings is 1. The lowest BCUT2D eigenvalue weighted by Gasteiger charge is -2.17. The molecule has 135 heavy (non-hydrogen) atoms. The molecule has 0 radical (unpaired) electrons. The summed E-state index contributed by atoms with van der Waals surface area (Å²) in [6, 6.07) is 51.4. The Morgan fingerprint density at radius 3 is 1.15 bits per heavy atom. The second kappa shape index (κ2) is 34.9. The smallest absolute Gasteiger partial charge is 0.412 e. The highest BCUT2D eigenvalue weighted by molar-refractivity contribution is 8.03. The van der Waals surface area contributed by atoms with Gasteiger partial charge in [-0.15, -0.1) is 0 Å². The largest absolute Gasteiger partial charge is 0.779 e. The summed E-state index contributed by atoms with van der Waals surface area (Å²) in [6.45, 7) is 2.33. The summed E-state index contributed by atoms with van der Waals surface area (Å²) in [6.07, 6.45) is 3.46. The van der Waals surface area contributed by atoms with E-state index in [9.17, 15) is 72.4 Å². The van der Waals surface area contributed by atoms with Crippen LogP contribution in [0.2, 0.25) is 0 Å². The van der Waals surface area contributed by atoms with E-state index in [1.807, 2.05) is 138 Å². The van der Waals surface area contributed by atoms with E-state index in [1.54, 1.807) is 65.4 Å². The standard InChI is InChI=1S/C57H46N10O9S.C37H32N8O7.C2H7O3P/c1-63-49-8-4-5-9-50(49)77-52(63)24-31-16-20-64(45-7-3-2-6-32(31)45)30-76-56(72)58-28-51(68)65-21-17-33-37-26-43(61-40(37)10-13-46(33)65)54(70)67-23-19-35-38-27-44(62-41(38)12-15-48(35)67)55(71)66-22-18-34-36-25-42(53(69)59-29-75-57(73)74)60-39(36)11-14-47(34)66;38-16-33(46)43-10-7-18-22-14-28(41-25(22)1-4-30(18)43)35(48)45-12-9-20-23-15-29(42-26(23)3-6-32(20)45)36(49)44-11-8-19-21-13-27(34(47)39-17-52-37(50)51)40-24(21)2-5-31(19)44;1-5-6(2,3)4/h2-16,20,24-27H,17-19,21-23,28-30H2,1H3,(H5-,58,59,60,61,62,69,70,71,72,73,74);1-6,13-15,40-42H,7-12,16-17,38H2,(H,39,47)(H,50,51);1-2H3,(H,3,4)/p-2. The first-order chi connectivity index (χ1) is 65.2. The summed E-state index contributed by atoms with van der Waals surface area (Å²) < 4.78 is 29.8. The van der Waals surface area contributed by atoms with Crippen molar-refractivity contribution >= 4 is 207 Å². The quantitative estimate of drug-likeness (QED) is 0.0133. The number of carbonyl (C=O) groups is 11. The van der Waals surface area contributed by atoms with E-state index in [2.05, 4.69) is 90.0 Å². The van der Waals surface area contributed by atoms with Crippen LogP contribution in [0, 0.1) is 0 Å². The average Bonchev–Trinajstić information content (AvgIpc) is 1.60. The Morgan fingerprint density at radius 2 is 0.778 bits per heavy atom. The minimum atomic E-state index is -3.40. The Bertz CT molecular complexity index is 7690. The number of benzene rings is 8. The molecule has 7 aliphatic rings. The van der Waals surface area contributed by atoms with Crippen LogP contribution in [0.3, 0.4) is 0 Å². The normalized spacial score (nSPS) is 15.0. The van der Waals surface area contributed by atoms with Gasteiger partial charge in [0.25, 0.3) is 54.5 Å². The van der Waals surface area contributed by atoms with E-state index in [4.69, 9.17) is 10.5 Å². The van der Waals surface area contributed by atoms with Gasteiger partial charge in [-0.2, -0.15) is 4.57 Å². The van der Waals surface area contributed by atoms with Crippen LogP contribution in [0.25, 0.3) is 82.4 Å². The average molecular weight is 1860 g/mol. The highest BCUT2D eigenvalue weighted by Gasteiger charge is 2.38. The molecular weight excluding hydrogens is 1770 g/mol. The van der Waals surface area contributed by atoms with Crippen molar-refractivity contribution in [1.29, 1.82) is 0 Å². The number of rotatable bonds is 17. The van der Waals surface area contributed by atoms with Crippen molar-refractivity contribution in [2.45, 2.75) is 50.2 Å². The number of fused-ring (bicyclic) bond motifs is 20. The van der Waals surface area contributed by atoms with Crippen LogP contribution in [0.1, 0.15) is 102 Å². The Balaban J connectivity index is 0.000000168. The topological polar surface area (TPSA) is 494 Å². The van der Waals surface area contributed by atoms with Crippen molar-refractivity contribution in [3.63, 3.8) is 0 Å². The molecule has 0 bridgehead atoms. The minimum absolute atomic E-state index is 0.0581. The molecule has 22 rings (SSSR count). The number of thioether (sulfide) groups is 1.